The van der Waals surface area contributed by atoms with Crippen molar-refractivity contribution in [3.05, 3.63) is 51.9 Å². The van der Waals surface area contributed by atoms with Crippen LogP contribution in [0.3, 0.4) is 0 Å². The van der Waals surface area contributed by atoms with E-state index < -0.39 is 5.97 Å². The molecule has 0 aliphatic heterocycles. The smallest absolute Gasteiger partial charge is 0.338 e. The molecule has 1 N–H and O–H groups in total. The number of hydrogen-bond acceptors (Lipinski definition) is 4. The fraction of sp³-hybridized carbons (Fsp3) is 0.520. The maximum absolute atomic E-state index is 11.7. The standard InChI is InChI=1S/C25H35NO4S/c1-3-4-5-6-7-8-9-10-11-22-18-23(25(28)29)24(31-22)26(19-27)30-17-16-21-14-12-20(2)13-15-21/h12-15,18-19H,3-11,16-17H2,1-2H3,(H,28,29). The fourth-order valence-electron chi connectivity index (χ4n) is 3.46. The maximum Gasteiger partial charge on any atom is 0.338 e. The molecule has 31 heavy (non-hydrogen) atoms. The van der Waals surface area contributed by atoms with Crippen molar-refractivity contribution in [2.24, 2.45) is 0 Å². The van der Waals surface area contributed by atoms with Crippen molar-refractivity contribution in [1.82, 2.24) is 0 Å². The van der Waals surface area contributed by atoms with E-state index in [1.165, 1.54) is 55.4 Å². The Morgan fingerprint density at radius 3 is 2.29 bits per heavy atom. The number of aromatic carboxylic acids is 1. The highest BCUT2D eigenvalue weighted by atomic mass is 32.1. The van der Waals surface area contributed by atoms with Gasteiger partial charge >= 0.3 is 5.97 Å². The molecule has 2 aromatic rings. The molecule has 6 heteroatoms. The number of carbonyl (C=O) groups is 2. The van der Waals surface area contributed by atoms with Crippen LogP contribution in [0.25, 0.3) is 0 Å². The molecule has 2 rings (SSSR count). The molecule has 0 atom stereocenters. The van der Waals surface area contributed by atoms with Crippen molar-refractivity contribution >= 4 is 28.7 Å². The maximum atomic E-state index is 11.7. The Balaban J connectivity index is 1.86. The number of carboxylic acid groups (broad SMARTS) is 1. The van der Waals surface area contributed by atoms with E-state index in [4.69, 9.17) is 4.84 Å². The number of hydrogen-bond donors (Lipinski definition) is 1. The summed E-state index contributed by atoms with van der Waals surface area (Å²) in [6.45, 7) is 4.55. The number of aryl methyl sites for hydroxylation is 2. The van der Waals surface area contributed by atoms with Gasteiger partial charge in [-0.15, -0.1) is 11.3 Å². The highest BCUT2D eigenvalue weighted by Crippen LogP contribution is 2.32. The van der Waals surface area contributed by atoms with Crippen molar-refractivity contribution in [1.29, 1.82) is 0 Å². The first-order chi connectivity index (χ1) is 15.0. The Morgan fingerprint density at radius 2 is 1.68 bits per heavy atom. The Bertz CT molecular complexity index is 800. The summed E-state index contributed by atoms with van der Waals surface area (Å²) in [4.78, 5) is 29.9. The third-order valence-electron chi connectivity index (χ3n) is 5.31. The van der Waals surface area contributed by atoms with Crippen molar-refractivity contribution in [3.63, 3.8) is 0 Å². The van der Waals surface area contributed by atoms with Crippen LogP contribution in [0.2, 0.25) is 0 Å². The second-order valence-corrected chi connectivity index (χ2v) is 9.08. The second-order valence-electron chi connectivity index (χ2n) is 7.96. The first kappa shape index (κ1) is 25.1. The number of amides is 1. The molecule has 1 heterocycles. The van der Waals surface area contributed by atoms with Crippen LogP contribution in [0.15, 0.2) is 30.3 Å². The van der Waals surface area contributed by atoms with Gasteiger partial charge in [0.1, 0.15) is 5.00 Å². The summed E-state index contributed by atoms with van der Waals surface area (Å²) in [5.74, 6) is -1.04. The highest BCUT2D eigenvalue weighted by Gasteiger charge is 2.21. The number of carboxylic acids is 1. The van der Waals surface area contributed by atoms with Gasteiger partial charge < -0.3 is 5.11 Å². The molecular formula is C25H35NO4S. The quantitative estimate of drug-likeness (QED) is 0.180. The van der Waals surface area contributed by atoms with Crippen LogP contribution in [0.5, 0.6) is 0 Å². The van der Waals surface area contributed by atoms with Crippen molar-refractivity contribution in [2.45, 2.75) is 78.1 Å². The summed E-state index contributed by atoms with van der Waals surface area (Å²) in [6.07, 6.45) is 11.9. The number of carbonyl (C=O) groups excluding carboxylic acids is 1. The number of anilines is 1. The molecule has 0 radical (unpaired) electrons. The molecule has 0 bridgehead atoms. The lowest BCUT2D eigenvalue weighted by atomic mass is 10.1. The molecule has 0 aliphatic rings. The van der Waals surface area contributed by atoms with Gasteiger partial charge in [0.2, 0.25) is 6.41 Å². The molecule has 170 valence electrons. The molecule has 0 fully saturated rings. The van der Waals surface area contributed by atoms with E-state index in [9.17, 15) is 14.7 Å². The van der Waals surface area contributed by atoms with Crippen LogP contribution in [0, 0.1) is 6.92 Å². The zero-order valence-corrected chi connectivity index (χ0v) is 19.6. The zero-order valence-electron chi connectivity index (χ0n) is 18.8. The van der Waals surface area contributed by atoms with Crippen LogP contribution in [0.4, 0.5) is 5.00 Å². The molecule has 0 saturated carbocycles. The molecule has 0 unspecified atom stereocenters. The monoisotopic (exact) mass is 445 g/mol. The van der Waals surface area contributed by atoms with Gasteiger partial charge in [0.15, 0.2) is 0 Å². The lowest BCUT2D eigenvalue weighted by Crippen LogP contribution is -2.23. The van der Waals surface area contributed by atoms with Gasteiger partial charge in [0.25, 0.3) is 0 Å². The van der Waals surface area contributed by atoms with E-state index >= 15 is 0 Å². The first-order valence-corrected chi connectivity index (χ1v) is 12.2. The van der Waals surface area contributed by atoms with Crippen molar-refractivity contribution in [2.75, 3.05) is 11.7 Å². The average Bonchev–Trinajstić information content (AvgIpc) is 3.19. The number of hydroxylamine groups is 1. The van der Waals surface area contributed by atoms with Gasteiger partial charge in [-0.2, -0.15) is 5.06 Å². The molecule has 0 saturated heterocycles. The topological polar surface area (TPSA) is 66.8 Å². The normalized spacial score (nSPS) is 10.9. The van der Waals surface area contributed by atoms with Gasteiger partial charge in [-0.1, -0.05) is 81.7 Å². The predicted molar refractivity (Wildman–Crippen MR) is 127 cm³/mol. The van der Waals surface area contributed by atoms with E-state index in [-0.39, 0.29) is 5.56 Å². The molecule has 0 aliphatic carbocycles. The molecular weight excluding hydrogens is 410 g/mol. The van der Waals surface area contributed by atoms with Gasteiger partial charge in [-0.3, -0.25) is 9.63 Å². The Kier molecular flexibility index (Phi) is 11.3. The van der Waals surface area contributed by atoms with Crippen molar-refractivity contribution in [3.8, 4) is 0 Å². The van der Waals surface area contributed by atoms with E-state index in [0.717, 1.165) is 34.8 Å². The third kappa shape index (κ3) is 8.83. The highest BCUT2D eigenvalue weighted by molar-refractivity contribution is 7.16. The SMILES string of the molecule is CCCCCCCCCCc1cc(C(=O)O)c(N(C=O)OCCc2ccc(C)cc2)s1. The number of nitrogens with zero attached hydrogens (tertiary/aromatic N) is 1. The van der Waals surface area contributed by atoms with Gasteiger partial charge in [-0.25, -0.2) is 4.79 Å². The molecule has 1 aromatic carbocycles. The van der Waals surface area contributed by atoms with Crippen LogP contribution in [-0.2, 0) is 22.5 Å². The molecule has 1 amide bonds. The summed E-state index contributed by atoms with van der Waals surface area (Å²) in [7, 11) is 0. The summed E-state index contributed by atoms with van der Waals surface area (Å²) in [6, 6.07) is 9.81. The van der Waals surface area contributed by atoms with Crippen LogP contribution >= 0.6 is 11.3 Å². The van der Waals surface area contributed by atoms with Crippen LogP contribution in [-0.4, -0.2) is 24.1 Å². The predicted octanol–water partition coefficient (Wildman–Crippen LogP) is 6.58. The Hall–Kier alpha value is -2.18. The molecule has 5 nitrogen and oxygen atoms in total. The lowest BCUT2D eigenvalue weighted by Gasteiger charge is -2.16. The van der Waals surface area contributed by atoms with E-state index in [0.29, 0.717) is 24.4 Å². The van der Waals surface area contributed by atoms with Gasteiger partial charge in [0.05, 0.1) is 12.2 Å². The minimum Gasteiger partial charge on any atom is -0.478 e. The van der Waals surface area contributed by atoms with Crippen LogP contribution in [0.1, 0.15) is 84.7 Å². The summed E-state index contributed by atoms with van der Waals surface area (Å²) in [5.41, 5.74) is 2.42. The number of unbranched alkanes of at least 4 members (excludes halogenated alkanes) is 7. The molecule has 0 spiro atoms. The fourth-order valence-corrected chi connectivity index (χ4v) is 4.57. The van der Waals surface area contributed by atoms with E-state index in [2.05, 4.69) is 6.92 Å². The minimum atomic E-state index is -1.04. The summed E-state index contributed by atoms with van der Waals surface area (Å²) < 4.78 is 0. The Morgan fingerprint density at radius 1 is 1.03 bits per heavy atom. The Labute approximate surface area is 190 Å². The number of thiophene rings is 1. The number of benzene rings is 1. The van der Waals surface area contributed by atoms with Gasteiger partial charge in [0, 0.05) is 4.88 Å². The minimum absolute atomic E-state index is 0.127. The van der Waals surface area contributed by atoms with E-state index in [1.807, 2.05) is 31.2 Å². The first-order valence-electron chi connectivity index (χ1n) is 11.3. The van der Waals surface area contributed by atoms with Crippen LogP contribution < -0.4 is 5.06 Å². The lowest BCUT2D eigenvalue weighted by molar-refractivity contribution is -0.113. The third-order valence-corrected chi connectivity index (χ3v) is 6.49. The average molecular weight is 446 g/mol. The zero-order chi connectivity index (χ0) is 22.5. The molecule has 1 aromatic heterocycles. The summed E-state index contributed by atoms with van der Waals surface area (Å²) >= 11 is 1.33. The second kappa shape index (κ2) is 14.0. The number of rotatable bonds is 16. The largest absolute Gasteiger partial charge is 0.478 e. The van der Waals surface area contributed by atoms with Gasteiger partial charge in [-0.05, 0) is 37.8 Å². The van der Waals surface area contributed by atoms with E-state index in [1.54, 1.807) is 6.07 Å². The summed E-state index contributed by atoms with van der Waals surface area (Å²) in [5, 5.41) is 11.0. The van der Waals surface area contributed by atoms with Crippen molar-refractivity contribution < 1.29 is 19.5 Å².